The number of nitrogens with one attached hydrogen (secondary N) is 1. The third kappa shape index (κ3) is 3.42. The van der Waals surface area contributed by atoms with Crippen LogP contribution in [0.2, 0.25) is 5.02 Å². The van der Waals surface area contributed by atoms with Crippen LogP contribution in [0.3, 0.4) is 0 Å². The fourth-order valence-electron chi connectivity index (χ4n) is 1.74. The van der Waals surface area contributed by atoms with Gasteiger partial charge in [0.2, 0.25) is 0 Å². The van der Waals surface area contributed by atoms with Crippen molar-refractivity contribution < 1.29 is 17.6 Å². The van der Waals surface area contributed by atoms with E-state index in [4.69, 9.17) is 11.6 Å². The number of benzene rings is 2. The Morgan fingerprint density at radius 3 is 2.40 bits per heavy atom. The highest BCUT2D eigenvalue weighted by Gasteiger charge is 2.33. The first-order chi connectivity index (χ1) is 9.38. The molecular weight excluding hydrogens is 294 g/mol. The lowest BCUT2D eigenvalue weighted by atomic mass is 10.1. The molecule has 1 N–H and O–H groups in total. The molecule has 0 fully saturated rings. The molecule has 0 aromatic heterocycles. The van der Waals surface area contributed by atoms with Crippen LogP contribution in [0.4, 0.5) is 23.2 Å². The molecule has 0 radical (unpaired) electrons. The van der Waals surface area contributed by atoms with Crippen molar-refractivity contribution >= 4 is 17.3 Å². The van der Waals surface area contributed by atoms with Gasteiger partial charge >= 0.3 is 6.18 Å². The van der Waals surface area contributed by atoms with E-state index in [1.807, 2.05) is 0 Å². The van der Waals surface area contributed by atoms with E-state index in [2.05, 4.69) is 5.32 Å². The van der Waals surface area contributed by atoms with Gasteiger partial charge in [0.15, 0.2) is 0 Å². The Hall–Kier alpha value is -1.75. The van der Waals surface area contributed by atoms with E-state index in [0.29, 0.717) is 5.56 Å². The average Bonchev–Trinajstić information content (AvgIpc) is 2.37. The molecule has 0 amide bonds. The summed E-state index contributed by atoms with van der Waals surface area (Å²) in [6.45, 7) is 0.0756. The number of hydrogen-bond acceptors (Lipinski definition) is 1. The summed E-state index contributed by atoms with van der Waals surface area (Å²) in [5.74, 6) is -0.491. The number of alkyl halides is 3. The average molecular weight is 304 g/mol. The van der Waals surface area contributed by atoms with Crippen LogP contribution in [0.15, 0.2) is 42.5 Å². The van der Waals surface area contributed by atoms with Gasteiger partial charge in [-0.1, -0.05) is 29.8 Å². The molecular formula is C14H10ClF4N. The van der Waals surface area contributed by atoms with Crippen molar-refractivity contribution in [1.29, 1.82) is 0 Å². The van der Waals surface area contributed by atoms with Crippen molar-refractivity contribution in [2.75, 3.05) is 5.32 Å². The van der Waals surface area contributed by atoms with Crippen LogP contribution in [0, 0.1) is 5.82 Å². The molecule has 0 aliphatic rings. The summed E-state index contributed by atoms with van der Waals surface area (Å²) >= 11 is 5.82. The molecule has 6 heteroatoms. The van der Waals surface area contributed by atoms with Crippen molar-refractivity contribution in [3.05, 3.63) is 64.4 Å². The Bertz CT molecular complexity index is 610. The van der Waals surface area contributed by atoms with Crippen LogP contribution in [-0.2, 0) is 12.7 Å². The molecule has 0 heterocycles. The predicted octanol–water partition coefficient (Wildman–Crippen LogP) is 5.11. The third-order valence-electron chi connectivity index (χ3n) is 2.72. The summed E-state index contributed by atoms with van der Waals surface area (Å²) in [5.41, 5.74) is -0.274. The SMILES string of the molecule is Fc1ccc(CNc2ccccc2C(F)(F)F)c(Cl)c1. The highest BCUT2D eigenvalue weighted by molar-refractivity contribution is 6.31. The van der Waals surface area contributed by atoms with Gasteiger partial charge in [-0.25, -0.2) is 4.39 Å². The Balaban J connectivity index is 2.19. The Morgan fingerprint density at radius 1 is 1.05 bits per heavy atom. The lowest BCUT2D eigenvalue weighted by Gasteiger charge is -2.14. The van der Waals surface area contributed by atoms with Gasteiger partial charge in [-0.15, -0.1) is 0 Å². The maximum atomic E-state index is 12.9. The molecule has 2 rings (SSSR count). The molecule has 1 nitrogen and oxygen atoms in total. The highest BCUT2D eigenvalue weighted by Crippen LogP contribution is 2.34. The minimum Gasteiger partial charge on any atom is -0.380 e. The fourth-order valence-corrected chi connectivity index (χ4v) is 1.97. The van der Waals surface area contributed by atoms with E-state index in [9.17, 15) is 17.6 Å². The van der Waals surface area contributed by atoms with Crippen molar-refractivity contribution in [1.82, 2.24) is 0 Å². The second-order valence-corrected chi connectivity index (χ2v) is 4.54. The molecule has 0 aliphatic heterocycles. The van der Waals surface area contributed by atoms with Gasteiger partial charge in [-0.05, 0) is 29.8 Å². The number of anilines is 1. The van der Waals surface area contributed by atoms with Gasteiger partial charge in [0.05, 0.1) is 5.56 Å². The third-order valence-corrected chi connectivity index (χ3v) is 3.07. The molecule has 0 spiro atoms. The van der Waals surface area contributed by atoms with Crippen LogP contribution >= 0.6 is 11.6 Å². The second kappa shape index (κ2) is 5.71. The van der Waals surface area contributed by atoms with Crippen LogP contribution in [-0.4, -0.2) is 0 Å². The molecule has 2 aromatic carbocycles. The van der Waals surface area contributed by atoms with E-state index in [0.717, 1.165) is 12.1 Å². The second-order valence-electron chi connectivity index (χ2n) is 4.13. The molecule has 0 aliphatic carbocycles. The van der Waals surface area contributed by atoms with E-state index >= 15 is 0 Å². The summed E-state index contributed by atoms with van der Waals surface area (Å²) < 4.78 is 51.2. The number of para-hydroxylation sites is 1. The molecule has 0 saturated carbocycles. The first kappa shape index (κ1) is 14.7. The monoisotopic (exact) mass is 303 g/mol. The molecule has 0 unspecified atom stereocenters. The molecule has 0 bridgehead atoms. The van der Waals surface area contributed by atoms with Gasteiger partial charge in [-0.3, -0.25) is 0 Å². The Kier molecular flexibility index (Phi) is 4.18. The zero-order valence-corrected chi connectivity index (χ0v) is 10.9. The van der Waals surface area contributed by atoms with Gasteiger partial charge in [0.1, 0.15) is 5.82 Å². The summed E-state index contributed by atoms with van der Waals surface area (Å²) in [6, 6.07) is 8.91. The van der Waals surface area contributed by atoms with Crippen molar-refractivity contribution in [2.24, 2.45) is 0 Å². The summed E-state index contributed by atoms with van der Waals surface area (Å²) in [4.78, 5) is 0. The largest absolute Gasteiger partial charge is 0.418 e. The summed E-state index contributed by atoms with van der Waals surface area (Å²) in [5, 5.41) is 2.84. The van der Waals surface area contributed by atoms with Crippen LogP contribution in [0.1, 0.15) is 11.1 Å². The van der Waals surface area contributed by atoms with E-state index in [1.165, 1.54) is 30.3 Å². The Morgan fingerprint density at radius 2 is 1.75 bits per heavy atom. The van der Waals surface area contributed by atoms with Gasteiger partial charge < -0.3 is 5.32 Å². The first-order valence-corrected chi connectivity index (χ1v) is 6.10. The Labute approximate surface area is 118 Å². The van der Waals surface area contributed by atoms with Gasteiger partial charge in [0.25, 0.3) is 0 Å². The molecule has 20 heavy (non-hydrogen) atoms. The standard InChI is InChI=1S/C14H10ClF4N/c15-12-7-10(16)6-5-9(12)8-20-13-4-2-1-3-11(13)14(17,18)19/h1-7,20H,8H2. The van der Waals surface area contributed by atoms with E-state index < -0.39 is 17.6 Å². The first-order valence-electron chi connectivity index (χ1n) is 5.72. The van der Waals surface area contributed by atoms with Gasteiger partial charge in [-0.2, -0.15) is 13.2 Å². The van der Waals surface area contributed by atoms with Crippen molar-refractivity contribution in [3.8, 4) is 0 Å². The lowest BCUT2D eigenvalue weighted by molar-refractivity contribution is -0.136. The lowest BCUT2D eigenvalue weighted by Crippen LogP contribution is -2.10. The van der Waals surface area contributed by atoms with E-state index in [1.54, 1.807) is 0 Å². The maximum absolute atomic E-state index is 12.9. The number of hydrogen-bond donors (Lipinski definition) is 1. The fraction of sp³-hybridized carbons (Fsp3) is 0.143. The minimum atomic E-state index is -4.43. The predicted molar refractivity (Wildman–Crippen MR) is 70.2 cm³/mol. The minimum absolute atomic E-state index is 0.0413. The summed E-state index contributed by atoms with van der Waals surface area (Å²) in [7, 11) is 0. The van der Waals surface area contributed by atoms with Crippen molar-refractivity contribution in [2.45, 2.75) is 12.7 Å². The zero-order valence-electron chi connectivity index (χ0n) is 10.1. The quantitative estimate of drug-likeness (QED) is 0.777. The van der Waals surface area contributed by atoms with Crippen molar-refractivity contribution in [3.63, 3.8) is 0 Å². The topological polar surface area (TPSA) is 12.0 Å². The zero-order chi connectivity index (χ0) is 14.8. The molecule has 0 atom stereocenters. The number of halogens is 5. The molecule has 0 saturated heterocycles. The van der Waals surface area contributed by atoms with E-state index in [-0.39, 0.29) is 17.3 Å². The van der Waals surface area contributed by atoms with Crippen LogP contribution < -0.4 is 5.32 Å². The smallest absolute Gasteiger partial charge is 0.380 e. The van der Waals surface area contributed by atoms with Crippen LogP contribution in [0.5, 0.6) is 0 Å². The molecule has 2 aromatic rings. The summed E-state index contributed by atoms with van der Waals surface area (Å²) in [6.07, 6.45) is -4.43. The molecule has 106 valence electrons. The normalized spacial score (nSPS) is 11.4. The maximum Gasteiger partial charge on any atom is 0.418 e. The highest BCUT2D eigenvalue weighted by atomic mass is 35.5. The van der Waals surface area contributed by atoms with Crippen LogP contribution in [0.25, 0.3) is 0 Å². The van der Waals surface area contributed by atoms with Gasteiger partial charge in [0, 0.05) is 17.3 Å². The number of rotatable bonds is 3.